The van der Waals surface area contributed by atoms with Crippen LogP contribution in [0.5, 0.6) is 0 Å². The highest BCUT2D eigenvalue weighted by molar-refractivity contribution is 4.76. The SMILES string of the molecule is COCCOCCNCC(C)(O)CC(C)C. The third kappa shape index (κ3) is 10.4. The lowest BCUT2D eigenvalue weighted by molar-refractivity contribution is 0.0336. The Bertz CT molecular complexity index is 160. The molecule has 0 aliphatic heterocycles. The predicted octanol–water partition coefficient (Wildman–Crippen LogP) is 1.04. The smallest absolute Gasteiger partial charge is 0.0746 e. The molecule has 0 rings (SSSR count). The number of ether oxygens (including phenoxy) is 2. The molecule has 0 radical (unpaired) electrons. The van der Waals surface area contributed by atoms with E-state index >= 15 is 0 Å². The van der Waals surface area contributed by atoms with E-state index in [0.29, 0.717) is 32.3 Å². The summed E-state index contributed by atoms with van der Waals surface area (Å²) in [5.41, 5.74) is -0.624. The number of rotatable bonds is 10. The van der Waals surface area contributed by atoms with E-state index < -0.39 is 5.60 Å². The van der Waals surface area contributed by atoms with Crippen LogP contribution in [0.2, 0.25) is 0 Å². The van der Waals surface area contributed by atoms with Crippen LogP contribution in [-0.4, -0.2) is 50.7 Å². The predicted molar refractivity (Wildman–Crippen MR) is 65.6 cm³/mol. The highest BCUT2D eigenvalue weighted by Gasteiger charge is 2.20. The van der Waals surface area contributed by atoms with Gasteiger partial charge in [0, 0.05) is 20.2 Å². The summed E-state index contributed by atoms with van der Waals surface area (Å²) < 4.78 is 10.2. The molecule has 1 atom stereocenters. The maximum atomic E-state index is 10.0. The molecule has 4 nitrogen and oxygen atoms in total. The van der Waals surface area contributed by atoms with E-state index in [1.807, 2.05) is 6.92 Å². The highest BCUT2D eigenvalue weighted by Crippen LogP contribution is 2.14. The van der Waals surface area contributed by atoms with Crippen molar-refractivity contribution in [3.63, 3.8) is 0 Å². The van der Waals surface area contributed by atoms with Crippen LogP contribution in [0.4, 0.5) is 0 Å². The van der Waals surface area contributed by atoms with Gasteiger partial charge >= 0.3 is 0 Å². The first-order chi connectivity index (χ1) is 7.48. The Labute approximate surface area is 99.3 Å². The van der Waals surface area contributed by atoms with Crippen molar-refractivity contribution in [2.75, 3.05) is 40.0 Å². The second kappa shape index (κ2) is 8.93. The first-order valence-corrected chi connectivity index (χ1v) is 5.98. The van der Waals surface area contributed by atoms with Crippen LogP contribution in [0.15, 0.2) is 0 Å². The van der Waals surface area contributed by atoms with Gasteiger partial charge in [0.1, 0.15) is 0 Å². The summed E-state index contributed by atoms with van der Waals surface area (Å²) in [5.74, 6) is 0.509. The molecule has 16 heavy (non-hydrogen) atoms. The van der Waals surface area contributed by atoms with Gasteiger partial charge in [0.15, 0.2) is 0 Å². The number of aliphatic hydroxyl groups is 1. The lowest BCUT2D eigenvalue weighted by atomic mass is 9.94. The molecular weight excluding hydrogens is 206 g/mol. The molecule has 0 saturated heterocycles. The van der Waals surface area contributed by atoms with E-state index in [1.165, 1.54) is 0 Å². The molecule has 2 N–H and O–H groups in total. The number of nitrogens with one attached hydrogen (secondary N) is 1. The number of methoxy groups -OCH3 is 1. The summed E-state index contributed by atoms with van der Waals surface area (Å²) >= 11 is 0. The molecule has 98 valence electrons. The van der Waals surface area contributed by atoms with E-state index in [-0.39, 0.29) is 0 Å². The van der Waals surface area contributed by atoms with Gasteiger partial charge in [-0.1, -0.05) is 13.8 Å². The average Bonchev–Trinajstić information content (AvgIpc) is 2.14. The zero-order valence-corrected chi connectivity index (χ0v) is 11.1. The van der Waals surface area contributed by atoms with E-state index in [9.17, 15) is 5.11 Å². The van der Waals surface area contributed by atoms with Gasteiger partial charge in [-0.3, -0.25) is 0 Å². The summed E-state index contributed by atoms with van der Waals surface area (Å²) in [5, 5.41) is 13.2. The fraction of sp³-hybridized carbons (Fsp3) is 1.00. The summed E-state index contributed by atoms with van der Waals surface area (Å²) in [6.45, 7) is 9.37. The Morgan fingerprint density at radius 1 is 1.25 bits per heavy atom. The second-order valence-corrected chi connectivity index (χ2v) is 4.88. The molecule has 0 aromatic carbocycles. The van der Waals surface area contributed by atoms with Gasteiger partial charge in [0.05, 0.1) is 25.4 Å². The Hall–Kier alpha value is -0.160. The van der Waals surface area contributed by atoms with Crippen molar-refractivity contribution < 1.29 is 14.6 Å². The molecule has 0 heterocycles. The van der Waals surface area contributed by atoms with Crippen molar-refractivity contribution in [2.24, 2.45) is 5.92 Å². The molecule has 0 fully saturated rings. The zero-order valence-electron chi connectivity index (χ0n) is 11.1. The van der Waals surface area contributed by atoms with E-state index in [1.54, 1.807) is 7.11 Å². The minimum atomic E-state index is -0.624. The van der Waals surface area contributed by atoms with E-state index in [2.05, 4.69) is 19.2 Å². The van der Waals surface area contributed by atoms with Gasteiger partial charge in [-0.15, -0.1) is 0 Å². The molecule has 0 aromatic heterocycles. The summed E-state index contributed by atoms with van der Waals surface area (Å²) in [6.07, 6.45) is 0.810. The van der Waals surface area contributed by atoms with Crippen LogP contribution in [0, 0.1) is 5.92 Å². The standard InChI is InChI=1S/C12H27NO3/c1-11(2)9-12(3,14)10-13-5-6-16-8-7-15-4/h11,13-14H,5-10H2,1-4H3. The third-order valence-corrected chi connectivity index (χ3v) is 2.21. The molecule has 4 heteroatoms. The van der Waals surface area contributed by atoms with Crippen molar-refractivity contribution in [3.05, 3.63) is 0 Å². The molecule has 0 saturated carbocycles. The fourth-order valence-corrected chi connectivity index (χ4v) is 1.70. The Kier molecular flexibility index (Phi) is 8.84. The number of hydrogen-bond donors (Lipinski definition) is 2. The highest BCUT2D eigenvalue weighted by atomic mass is 16.5. The Morgan fingerprint density at radius 3 is 2.50 bits per heavy atom. The van der Waals surface area contributed by atoms with Crippen molar-refractivity contribution in [2.45, 2.75) is 32.8 Å². The molecule has 0 aromatic rings. The molecule has 0 bridgehead atoms. The van der Waals surface area contributed by atoms with Gasteiger partial charge in [0.2, 0.25) is 0 Å². The van der Waals surface area contributed by atoms with Gasteiger partial charge < -0.3 is 19.9 Å². The largest absolute Gasteiger partial charge is 0.389 e. The lowest BCUT2D eigenvalue weighted by Gasteiger charge is -2.25. The van der Waals surface area contributed by atoms with Crippen molar-refractivity contribution >= 4 is 0 Å². The van der Waals surface area contributed by atoms with Gasteiger partial charge in [-0.05, 0) is 19.3 Å². The minimum absolute atomic E-state index is 0.509. The molecule has 0 spiro atoms. The maximum absolute atomic E-state index is 10.0. The first-order valence-electron chi connectivity index (χ1n) is 5.98. The van der Waals surface area contributed by atoms with Crippen molar-refractivity contribution in [1.29, 1.82) is 0 Å². The first kappa shape index (κ1) is 15.8. The summed E-state index contributed by atoms with van der Waals surface area (Å²) in [7, 11) is 1.66. The molecule has 0 aliphatic carbocycles. The van der Waals surface area contributed by atoms with Gasteiger partial charge in [-0.25, -0.2) is 0 Å². The summed E-state index contributed by atoms with van der Waals surface area (Å²) in [4.78, 5) is 0. The molecule has 0 aliphatic rings. The van der Waals surface area contributed by atoms with Crippen LogP contribution in [0.1, 0.15) is 27.2 Å². The van der Waals surface area contributed by atoms with Gasteiger partial charge in [0.25, 0.3) is 0 Å². The maximum Gasteiger partial charge on any atom is 0.0746 e. The minimum Gasteiger partial charge on any atom is -0.389 e. The molecule has 0 amide bonds. The van der Waals surface area contributed by atoms with Gasteiger partial charge in [-0.2, -0.15) is 0 Å². The summed E-state index contributed by atoms with van der Waals surface area (Å²) in [6, 6.07) is 0. The topological polar surface area (TPSA) is 50.7 Å². The third-order valence-electron chi connectivity index (χ3n) is 2.21. The monoisotopic (exact) mass is 233 g/mol. The second-order valence-electron chi connectivity index (χ2n) is 4.88. The van der Waals surface area contributed by atoms with E-state index in [0.717, 1.165) is 13.0 Å². The zero-order chi connectivity index (χ0) is 12.4. The van der Waals surface area contributed by atoms with Crippen LogP contribution >= 0.6 is 0 Å². The lowest BCUT2D eigenvalue weighted by Crippen LogP contribution is -2.40. The Morgan fingerprint density at radius 2 is 1.94 bits per heavy atom. The fourth-order valence-electron chi connectivity index (χ4n) is 1.70. The average molecular weight is 233 g/mol. The Balaban J connectivity index is 3.36. The van der Waals surface area contributed by atoms with Crippen LogP contribution in [-0.2, 0) is 9.47 Å². The molecule has 1 unspecified atom stereocenters. The number of hydrogen-bond acceptors (Lipinski definition) is 4. The van der Waals surface area contributed by atoms with E-state index in [4.69, 9.17) is 9.47 Å². The van der Waals surface area contributed by atoms with Crippen molar-refractivity contribution in [3.8, 4) is 0 Å². The van der Waals surface area contributed by atoms with Crippen LogP contribution < -0.4 is 5.32 Å². The molecular formula is C12H27NO3. The van der Waals surface area contributed by atoms with Crippen LogP contribution in [0.3, 0.4) is 0 Å². The quantitative estimate of drug-likeness (QED) is 0.554. The van der Waals surface area contributed by atoms with Crippen LogP contribution in [0.25, 0.3) is 0 Å². The normalized spacial score (nSPS) is 15.4. The van der Waals surface area contributed by atoms with Crippen molar-refractivity contribution in [1.82, 2.24) is 5.32 Å².